The number of nitrogens with one attached hydrogen (secondary N) is 2. The van der Waals surface area contributed by atoms with Gasteiger partial charge < -0.3 is 8.92 Å². The smallest absolute Gasteiger partial charge is 0.426 e. The lowest BCUT2D eigenvalue weighted by Gasteiger charge is -2.11. The zero-order valence-corrected chi connectivity index (χ0v) is 15.9. The van der Waals surface area contributed by atoms with Crippen molar-refractivity contribution in [2.75, 3.05) is 6.61 Å². The van der Waals surface area contributed by atoms with Gasteiger partial charge in [-0.2, -0.15) is 8.42 Å². The number of carbonyl (C=O) groups excluding carboxylic acids is 2. The maximum Gasteiger partial charge on any atom is 0.426 e. The molecule has 0 bridgehead atoms. The second kappa shape index (κ2) is 8.54. The highest BCUT2D eigenvalue weighted by Crippen LogP contribution is 2.22. The number of hydrogen-bond acceptors (Lipinski definition) is 6. The maximum atomic E-state index is 12.5. The Morgan fingerprint density at radius 1 is 1.00 bits per heavy atom. The van der Waals surface area contributed by atoms with E-state index >= 15 is 0 Å². The zero-order chi connectivity index (χ0) is 20.0. The Hall–Kier alpha value is -3.07. The van der Waals surface area contributed by atoms with E-state index in [2.05, 4.69) is 15.6 Å². The Bertz CT molecular complexity index is 939. The molecule has 0 aliphatic heterocycles. The maximum absolute atomic E-state index is 12.5. The molecule has 0 spiro atoms. The van der Waals surface area contributed by atoms with Crippen molar-refractivity contribution in [2.45, 2.75) is 25.7 Å². The standard InChI is InChI=1S/C18H20N2O6S/c1-4-25-18(22)20-19-17(21)14-7-9-15(10-8-14)26-27(23,24)16-11-12(2)5-6-13(16)3/h5-11H,4H2,1-3H3,(H,19,21)(H,20,22). The molecule has 0 aliphatic carbocycles. The first-order chi connectivity index (χ1) is 12.7. The van der Waals surface area contributed by atoms with Crippen molar-refractivity contribution in [3.05, 3.63) is 59.2 Å². The summed E-state index contributed by atoms with van der Waals surface area (Å²) in [7, 11) is -4.00. The lowest BCUT2D eigenvalue weighted by Crippen LogP contribution is -2.41. The number of rotatable bonds is 5. The quantitative estimate of drug-likeness (QED) is 0.597. The zero-order valence-electron chi connectivity index (χ0n) is 15.1. The molecule has 2 aromatic carbocycles. The number of benzene rings is 2. The molecule has 2 amide bonds. The van der Waals surface area contributed by atoms with Crippen LogP contribution in [0.2, 0.25) is 0 Å². The molecule has 0 unspecified atom stereocenters. The van der Waals surface area contributed by atoms with Gasteiger partial charge in [-0.1, -0.05) is 12.1 Å². The van der Waals surface area contributed by atoms with Crippen molar-refractivity contribution in [1.82, 2.24) is 10.9 Å². The van der Waals surface area contributed by atoms with E-state index in [1.807, 2.05) is 6.07 Å². The van der Waals surface area contributed by atoms with E-state index in [1.54, 1.807) is 26.8 Å². The van der Waals surface area contributed by atoms with Crippen LogP contribution < -0.4 is 15.0 Å². The van der Waals surface area contributed by atoms with Crippen molar-refractivity contribution < 1.29 is 26.9 Å². The molecule has 9 heteroatoms. The van der Waals surface area contributed by atoms with Crippen LogP contribution in [0.3, 0.4) is 0 Å². The van der Waals surface area contributed by atoms with Crippen LogP contribution in [0.1, 0.15) is 28.4 Å². The highest BCUT2D eigenvalue weighted by Gasteiger charge is 2.19. The van der Waals surface area contributed by atoms with Gasteiger partial charge in [0.25, 0.3) is 5.91 Å². The van der Waals surface area contributed by atoms with Crippen LogP contribution in [0, 0.1) is 13.8 Å². The third-order valence-electron chi connectivity index (χ3n) is 3.49. The van der Waals surface area contributed by atoms with E-state index < -0.39 is 22.1 Å². The van der Waals surface area contributed by atoms with Crippen molar-refractivity contribution in [1.29, 1.82) is 0 Å². The summed E-state index contributed by atoms with van der Waals surface area (Å²) in [6.45, 7) is 5.27. The molecule has 0 fully saturated rings. The van der Waals surface area contributed by atoms with E-state index in [0.29, 0.717) is 5.56 Å². The third-order valence-corrected chi connectivity index (χ3v) is 4.88. The largest absolute Gasteiger partial charge is 0.449 e. The average molecular weight is 392 g/mol. The van der Waals surface area contributed by atoms with E-state index in [1.165, 1.54) is 30.3 Å². The van der Waals surface area contributed by atoms with Crippen LogP contribution in [0.5, 0.6) is 5.75 Å². The molecule has 2 rings (SSSR count). The minimum atomic E-state index is -4.00. The van der Waals surface area contributed by atoms with Crippen molar-refractivity contribution in [2.24, 2.45) is 0 Å². The van der Waals surface area contributed by atoms with Gasteiger partial charge >= 0.3 is 16.2 Å². The summed E-state index contributed by atoms with van der Waals surface area (Å²) in [6, 6.07) is 10.5. The first kappa shape index (κ1) is 20.2. The van der Waals surface area contributed by atoms with Crippen LogP contribution in [0.4, 0.5) is 4.79 Å². The Labute approximate surface area is 157 Å². The van der Waals surface area contributed by atoms with Gasteiger partial charge in [-0.3, -0.25) is 10.2 Å². The van der Waals surface area contributed by atoms with Crippen LogP contribution in [-0.4, -0.2) is 27.0 Å². The molecule has 2 N–H and O–H groups in total. The molecule has 27 heavy (non-hydrogen) atoms. The topological polar surface area (TPSA) is 111 Å². The molecule has 0 radical (unpaired) electrons. The Morgan fingerprint density at radius 2 is 1.67 bits per heavy atom. The lowest BCUT2D eigenvalue weighted by molar-refractivity contribution is 0.0912. The number of amides is 2. The first-order valence-electron chi connectivity index (χ1n) is 8.08. The Morgan fingerprint density at radius 3 is 2.30 bits per heavy atom. The van der Waals surface area contributed by atoms with Gasteiger partial charge in [-0.15, -0.1) is 0 Å². The van der Waals surface area contributed by atoms with Crippen molar-refractivity contribution >= 4 is 22.1 Å². The third kappa shape index (κ3) is 5.45. The number of hydrogen-bond donors (Lipinski definition) is 2. The molecule has 0 saturated carbocycles. The molecular weight excluding hydrogens is 372 g/mol. The van der Waals surface area contributed by atoms with Crippen LogP contribution in [0.25, 0.3) is 0 Å². The fraction of sp³-hybridized carbons (Fsp3) is 0.222. The summed E-state index contributed by atoms with van der Waals surface area (Å²) >= 11 is 0. The minimum absolute atomic E-state index is 0.0609. The van der Waals surface area contributed by atoms with Gasteiger partial charge in [-0.05, 0) is 62.2 Å². The average Bonchev–Trinajstić information content (AvgIpc) is 2.62. The van der Waals surface area contributed by atoms with Gasteiger partial charge in [0.1, 0.15) is 10.6 Å². The summed E-state index contributed by atoms with van der Waals surface area (Å²) in [5, 5.41) is 0. The number of carbonyl (C=O) groups is 2. The SMILES string of the molecule is CCOC(=O)NNC(=O)c1ccc(OS(=O)(=O)c2cc(C)ccc2C)cc1. The number of ether oxygens (including phenoxy) is 1. The molecule has 0 atom stereocenters. The van der Waals surface area contributed by atoms with Gasteiger partial charge in [0.2, 0.25) is 0 Å². The fourth-order valence-electron chi connectivity index (χ4n) is 2.16. The fourth-order valence-corrected chi connectivity index (χ4v) is 3.40. The van der Waals surface area contributed by atoms with Gasteiger partial charge in [-0.25, -0.2) is 10.2 Å². The summed E-state index contributed by atoms with van der Waals surface area (Å²) in [5.74, 6) is -0.530. The van der Waals surface area contributed by atoms with Gasteiger partial charge in [0.05, 0.1) is 6.61 Å². The second-order valence-electron chi connectivity index (χ2n) is 5.63. The van der Waals surface area contributed by atoms with Crippen LogP contribution >= 0.6 is 0 Å². The number of hydrazine groups is 1. The summed E-state index contributed by atoms with van der Waals surface area (Å²) in [6.07, 6.45) is -0.787. The molecule has 8 nitrogen and oxygen atoms in total. The Balaban J connectivity index is 2.08. The molecule has 144 valence electrons. The molecule has 0 saturated heterocycles. The van der Waals surface area contributed by atoms with E-state index in [-0.39, 0.29) is 22.8 Å². The summed E-state index contributed by atoms with van der Waals surface area (Å²) in [5.41, 5.74) is 5.81. The van der Waals surface area contributed by atoms with E-state index in [4.69, 9.17) is 4.18 Å². The molecule has 0 heterocycles. The van der Waals surface area contributed by atoms with Crippen LogP contribution in [-0.2, 0) is 14.9 Å². The molecular formula is C18H20N2O6S. The second-order valence-corrected chi connectivity index (χ2v) is 7.15. The normalized spacial score (nSPS) is 10.8. The van der Waals surface area contributed by atoms with E-state index in [9.17, 15) is 18.0 Å². The van der Waals surface area contributed by atoms with Crippen molar-refractivity contribution in [3.8, 4) is 5.75 Å². The predicted molar refractivity (Wildman–Crippen MR) is 97.8 cm³/mol. The Kier molecular flexibility index (Phi) is 6.40. The van der Waals surface area contributed by atoms with E-state index in [0.717, 1.165) is 5.56 Å². The predicted octanol–water partition coefficient (Wildman–Crippen LogP) is 2.46. The highest BCUT2D eigenvalue weighted by atomic mass is 32.2. The first-order valence-corrected chi connectivity index (χ1v) is 9.48. The van der Waals surface area contributed by atoms with Crippen molar-refractivity contribution in [3.63, 3.8) is 0 Å². The highest BCUT2D eigenvalue weighted by molar-refractivity contribution is 7.87. The summed E-state index contributed by atoms with van der Waals surface area (Å²) < 4.78 is 34.7. The monoisotopic (exact) mass is 392 g/mol. The van der Waals surface area contributed by atoms with Gasteiger partial charge in [0.15, 0.2) is 0 Å². The van der Waals surface area contributed by atoms with Gasteiger partial charge in [0, 0.05) is 5.56 Å². The molecule has 0 aromatic heterocycles. The number of aryl methyl sites for hydroxylation is 2. The molecule has 0 aliphatic rings. The summed E-state index contributed by atoms with van der Waals surface area (Å²) in [4.78, 5) is 23.1. The molecule has 2 aromatic rings. The lowest BCUT2D eigenvalue weighted by atomic mass is 10.2. The minimum Gasteiger partial charge on any atom is -0.449 e. The van der Waals surface area contributed by atoms with Crippen LogP contribution in [0.15, 0.2) is 47.4 Å².